The van der Waals surface area contributed by atoms with Gasteiger partial charge in [0, 0.05) is 26.0 Å². The first-order valence-corrected chi connectivity index (χ1v) is 23.7. The Morgan fingerprint density at radius 3 is 2.07 bits per heavy atom. The van der Waals surface area contributed by atoms with Crippen molar-refractivity contribution in [1.82, 2.24) is 37.2 Å². The Hall–Kier alpha value is -7.10. The summed E-state index contributed by atoms with van der Waals surface area (Å²) in [6.07, 6.45) is 5.68. The number of ether oxygens (including phenoxy) is 1. The molecule has 1 fully saturated rings. The predicted octanol–water partition coefficient (Wildman–Crippen LogP) is 0.810. The number of benzene rings is 1. The summed E-state index contributed by atoms with van der Waals surface area (Å²) in [6.45, 7) is 11.6. The van der Waals surface area contributed by atoms with Gasteiger partial charge in [-0.15, -0.1) is 0 Å². The quantitative estimate of drug-likeness (QED) is 0.0359. The number of hydrogen-bond donors (Lipinski definition) is 11. The maximum absolute atomic E-state index is 14.3. The highest BCUT2D eigenvalue weighted by Crippen LogP contribution is 2.19. The molecule has 10 unspecified atom stereocenters. The number of carboxylic acid groups (broad SMARTS) is 2. The van der Waals surface area contributed by atoms with E-state index in [-0.39, 0.29) is 55.4 Å². The highest BCUT2D eigenvalue weighted by Gasteiger charge is 2.34. The minimum absolute atomic E-state index is 0.0308. The van der Waals surface area contributed by atoms with E-state index in [1.807, 2.05) is 50.3 Å². The highest BCUT2D eigenvalue weighted by atomic mass is 16.5. The third-order valence-corrected chi connectivity index (χ3v) is 11.9. The normalized spacial score (nSPS) is 25.1. The molecule has 1 saturated heterocycles. The maximum Gasteiger partial charge on any atom is 0.326 e. The van der Waals surface area contributed by atoms with Crippen LogP contribution in [0.2, 0.25) is 0 Å². The number of nitrogens with two attached hydrogens (primary N) is 2. The van der Waals surface area contributed by atoms with Gasteiger partial charge in [-0.1, -0.05) is 94.3 Å². The molecule has 0 spiro atoms. The van der Waals surface area contributed by atoms with E-state index in [1.165, 1.54) is 32.9 Å². The summed E-state index contributed by atoms with van der Waals surface area (Å²) < 4.78 is 5.81. The first kappa shape index (κ1) is 60.0. The lowest BCUT2D eigenvalue weighted by Gasteiger charge is -2.27. The van der Waals surface area contributed by atoms with Crippen LogP contribution in [0.3, 0.4) is 0 Å². The van der Waals surface area contributed by atoms with Crippen molar-refractivity contribution >= 4 is 59.2 Å². The number of nitrogens with one attached hydrogen (secondary N) is 7. The summed E-state index contributed by atoms with van der Waals surface area (Å²) in [5, 5.41) is 37.7. The van der Waals surface area contributed by atoms with Gasteiger partial charge in [-0.2, -0.15) is 0 Å². The van der Waals surface area contributed by atoms with Gasteiger partial charge in [0.2, 0.25) is 35.4 Å². The summed E-state index contributed by atoms with van der Waals surface area (Å²) in [5.74, 6) is -10.9. The Morgan fingerprint density at radius 2 is 1.48 bits per heavy atom. The largest absolute Gasteiger partial charge is 0.480 e. The van der Waals surface area contributed by atoms with Crippen molar-refractivity contribution in [3.63, 3.8) is 0 Å². The molecule has 0 aliphatic carbocycles. The zero-order valence-corrected chi connectivity index (χ0v) is 41.9. The molecule has 22 heteroatoms. The van der Waals surface area contributed by atoms with Gasteiger partial charge < -0.3 is 63.6 Å². The number of carboxylic acids is 2. The number of aliphatic carboxylic acids is 2. The standard InChI is InChI=1S/C49H74N10O12/c1-9-27(3)24-37-46(66)59-38(48(69)70)26-41(61)55-35(17-14-22-52-49(50)51)45(65)56-34(19-18-28(4)23-29(5)39(71-8)25-32-15-12-11-13-16-32)30(6)42(62)57-36(47(67)68)20-21-40(60)54-33(10-2)44(64)53-31(7)43(63)58-37/h10-13,15-16,18-19,23,27,29-31,34-39H,9,14,17,20-22,24-26H2,1-8H3,(H,53,64)(H,54,60)(H,55,61)(H,56,65)(H,57,62)(H,58,63)(H,59,66)(H,67,68)(H,69,70)(H4,50,51,52). The van der Waals surface area contributed by atoms with Crippen LogP contribution < -0.4 is 48.7 Å². The molecule has 10 atom stereocenters. The third kappa shape index (κ3) is 21.6. The number of allylic oxidation sites excluding steroid dienone is 3. The number of methoxy groups -OCH3 is 1. The van der Waals surface area contributed by atoms with Gasteiger partial charge in [-0.25, -0.2) is 9.59 Å². The van der Waals surface area contributed by atoms with Gasteiger partial charge in [-0.3, -0.25) is 38.6 Å². The zero-order chi connectivity index (χ0) is 53.4. The van der Waals surface area contributed by atoms with Gasteiger partial charge in [0.05, 0.1) is 24.5 Å². The monoisotopic (exact) mass is 995 g/mol. The first-order chi connectivity index (χ1) is 33.5. The van der Waals surface area contributed by atoms with Crippen LogP contribution >= 0.6 is 0 Å². The van der Waals surface area contributed by atoms with Crippen molar-refractivity contribution in [2.24, 2.45) is 34.2 Å². The number of carbonyl (C=O) groups excluding carboxylic acids is 7. The molecule has 0 saturated carbocycles. The fourth-order valence-corrected chi connectivity index (χ4v) is 7.36. The lowest BCUT2D eigenvalue weighted by Crippen LogP contribution is -2.57. The third-order valence-electron chi connectivity index (χ3n) is 11.9. The molecule has 1 aliphatic rings. The fraction of sp³-hybridized carbons (Fsp3) is 0.551. The lowest BCUT2D eigenvalue weighted by atomic mass is 9.94. The molecular formula is C49H74N10O12. The van der Waals surface area contributed by atoms with Crippen LogP contribution in [0.25, 0.3) is 0 Å². The van der Waals surface area contributed by atoms with Crippen molar-refractivity contribution in [1.29, 1.82) is 0 Å². The van der Waals surface area contributed by atoms with Crippen molar-refractivity contribution in [2.45, 2.75) is 142 Å². The molecule has 2 rings (SSSR count). The second-order valence-electron chi connectivity index (χ2n) is 17.8. The Morgan fingerprint density at radius 1 is 0.845 bits per heavy atom. The molecule has 0 aromatic heterocycles. The van der Waals surface area contributed by atoms with E-state index in [4.69, 9.17) is 16.2 Å². The molecule has 1 aromatic carbocycles. The van der Waals surface area contributed by atoms with Gasteiger partial charge in [-0.05, 0) is 64.4 Å². The van der Waals surface area contributed by atoms with Crippen LogP contribution in [0.5, 0.6) is 0 Å². The van der Waals surface area contributed by atoms with E-state index in [2.05, 4.69) is 42.2 Å². The van der Waals surface area contributed by atoms with Crippen LogP contribution in [-0.2, 0) is 54.3 Å². The second-order valence-corrected chi connectivity index (χ2v) is 17.8. The van der Waals surface area contributed by atoms with E-state index in [1.54, 1.807) is 27.0 Å². The predicted molar refractivity (Wildman–Crippen MR) is 264 cm³/mol. The highest BCUT2D eigenvalue weighted by molar-refractivity contribution is 6.00. The minimum atomic E-state index is -1.85. The molecule has 1 aliphatic heterocycles. The van der Waals surface area contributed by atoms with Gasteiger partial charge in [0.15, 0.2) is 5.96 Å². The minimum Gasteiger partial charge on any atom is -0.480 e. The average Bonchev–Trinajstić information content (AvgIpc) is 3.31. The topological polar surface area (TPSA) is 352 Å². The van der Waals surface area contributed by atoms with Gasteiger partial charge in [0.25, 0.3) is 5.91 Å². The summed E-state index contributed by atoms with van der Waals surface area (Å²) in [5.41, 5.74) is 12.5. The van der Waals surface area contributed by atoms with Crippen LogP contribution in [0.15, 0.2) is 70.9 Å². The van der Waals surface area contributed by atoms with E-state index in [0.29, 0.717) is 18.4 Å². The number of guanidine groups is 1. The molecule has 22 nitrogen and oxygen atoms in total. The summed E-state index contributed by atoms with van der Waals surface area (Å²) in [6, 6.07) is 1.13. The maximum atomic E-state index is 14.3. The first-order valence-electron chi connectivity index (χ1n) is 23.7. The van der Waals surface area contributed by atoms with Crippen molar-refractivity contribution in [3.8, 4) is 0 Å². The van der Waals surface area contributed by atoms with E-state index >= 15 is 0 Å². The Labute approximate surface area is 415 Å². The molecule has 71 heavy (non-hydrogen) atoms. The van der Waals surface area contributed by atoms with Gasteiger partial charge in [0.1, 0.15) is 35.9 Å². The molecule has 392 valence electrons. The Kier molecular flexibility index (Phi) is 25.8. The SMILES string of the molecule is CC=C1NC(=O)CCC(C(=O)O)NC(=O)C(C)C(C=CC(C)=CC(C)C(Cc2ccccc2)OC)NC(=O)C(CCCN=C(N)N)NC(=O)CC(C(=O)O)NC(=O)C(CC(C)CC)NC(=O)C(C)NC1=O. The number of carbonyl (C=O) groups is 9. The fourth-order valence-electron chi connectivity index (χ4n) is 7.36. The second kappa shape index (κ2) is 30.5. The molecule has 13 N–H and O–H groups in total. The molecule has 1 heterocycles. The van der Waals surface area contributed by atoms with Crippen LogP contribution in [0.1, 0.15) is 99.0 Å². The van der Waals surface area contributed by atoms with E-state index in [0.717, 1.165) is 5.56 Å². The molecule has 0 bridgehead atoms. The molecule has 7 amide bonds. The smallest absolute Gasteiger partial charge is 0.326 e. The van der Waals surface area contributed by atoms with Crippen LogP contribution in [0.4, 0.5) is 0 Å². The Bertz CT molecular complexity index is 2140. The molecule has 0 radical (unpaired) electrons. The zero-order valence-electron chi connectivity index (χ0n) is 41.9. The average molecular weight is 995 g/mol. The van der Waals surface area contributed by atoms with Crippen LogP contribution in [-0.4, -0.2) is 125 Å². The molecule has 1 aromatic rings. The Balaban J connectivity index is 2.69. The van der Waals surface area contributed by atoms with Crippen molar-refractivity contribution in [2.75, 3.05) is 13.7 Å². The number of nitrogens with zero attached hydrogens (tertiary/aromatic N) is 1. The summed E-state index contributed by atoms with van der Waals surface area (Å²) >= 11 is 0. The summed E-state index contributed by atoms with van der Waals surface area (Å²) in [7, 11) is 1.61. The van der Waals surface area contributed by atoms with Crippen molar-refractivity contribution < 1.29 is 58.1 Å². The lowest BCUT2D eigenvalue weighted by molar-refractivity contribution is -0.144. The number of hydrogen-bond acceptors (Lipinski definition) is 11. The number of aliphatic imine (C=N–C) groups is 1. The van der Waals surface area contributed by atoms with E-state index < -0.39 is 115 Å². The van der Waals surface area contributed by atoms with E-state index in [9.17, 15) is 53.4 Å². The number of rotatable bonds is 16. The molecular weight excluding hydrogens is 921 g/mol. The van der Waals surface area contributed by atoms with Gasteiger partial charge >= 0.3 is 11.9 Å². The number of amides is 7. The van der Waals surface area contributed by atoms with Crippen molar-refractivity contribution in [3.05, 3.63) is 71.5 Å². The van der Waals surface area contributed by atoms with Crippen LogP contribution in [0, 0.1) is 17.8 Å². The summed E-state index contributed by atoms with van der Waals surface area (Å²) in [4.78, 5) is 124.